The summed E-state index contributed by atoms with van der Waals surface area (Å²) in [5.74, 6) is -3.54. The average molecular weight is 977 g/mol. The molecule has 0 aromatic heterocycles. The van der Waals surface area contributed by atoms with E-state index in [4.69, 9.17) is 56.8 Å². The van der Waals surface area contributed by atoms with E-state index < -0.39 is 44.2 Å². The molecule has 0 bridgehead atoms. The lowest BCUT2D eigenvalue weighted by atomic mass is 10.3. The molecule has 0 spiro atoms. The fourth-order valence-corrected chi connectivity index (χ4v) is 7.07. The zero-order valence-electron chi connectivity index (χ0n) is 39.6. The van der Waals surface area contributed by atoms with Gasteiger partial charge in [0.15, 0.2) is 19.8 Å². The predicted molar refractivity (Wildman–Crippen MR) is 273 cm³/mol. The van der Waals surface area contributed by atoms with Gasteiger partial charge in [-0.3, -0.25) is 0 Å². The standard InChI is InChI=1S/C61H52O12/c1-10-28-49(29-11-1)62-46-59(65-52-34-16-4-17-35-52,66-53-36-18-5-19-37-53)71-58(72-60(67-54-38-20-6-21-39-54,68-55-40-22-7-23-41-55)47-63-50-30-12-2-13-31-50)73-61(69-56-42-24-8-25-43-56,70-57-44-26-9-27-45-57)48-64-51-32-14-3-15-33-51/h1-45,58H,46-48H2. The molecule has 9 aromatic carbocycles. The maximum absolute atomic E-state index is 7.19. The van der Waals surface area contributed by atoms with Crippen molar-refractivity contribution in [2.75, 3.05) is 19.8 Å². The van der Waals surface area contributed by atoms with Crippen molar-refractivity contribution in [3.8, 4) is 51.7 Å². The van der Waals surface area contributed by atoms with Crippen LogP contribution in [0.3, 0.4) is 0 Å². The largest absolute Gasteiger partial charge is 0.482 e. The van der Waals surface area contributed by atoms with E-state index >= 15 is 0 Å². The summed E-state index contributed by atoms with van der Waals surface area (Å²) < 4.78 is 82.3. The summed E-state index contributed by atoms with van der Waals surface area (Å²) in [5, 5.41) is 0. The first-order valence-electron chi connectivity index (χ1n) is 23.5. The molecule has 0 unspecified atom stereocenters. The van der Waals surface area contributed by atoms with E-state index in [1.807, 2.05) is 164 Å². The molecule has 0 heterocycles. The molecule has 73 heavy (non-hydrogen) atoms. The minimum absolute atomic E-state index is 0.327. The molecule has 0 aliphatic heterocycles. The molecule has 0 radical (unpaired) electrons. The first-order chi connectivity index (χ1) is 36.0. The number of hydrogen-bond acceptors (Lipinski definition) is 12. The molecule has 0 N–H and O–H groups in total. The number of hydrogen-bond donors (Lipinski definition) is 0. The molecular formula is C61H52O12. The van der Waals surface area contributed by atoms with Crippen LogP contribution in [0.15, 0.2) is 273 Å². The maximum atomic E-state index is 7.19. The summed E-state index contributed by atoms with van der Waals surface area (Å²) in [6, 6.07) is 81.3. The number of rotatable bonds is 27. The van der Waals surface area contributed by atoms with Gasteiger partial charge in [0.05, 0.1) is 0 Å². The van der Waals surface area contributed by atoms with Crippen LogP contribution in [-0.2, 0) is 14.2 Å². The second kappa shape index (κ2) is 24.8. The van der Waals surface area contributed by atoms with E-state index in [9.17, 15) is 0 Å². The minimum atomic E-state index is -2.31. The van der Waals surface area contributed by atoms with Crippen molar-refractivity contribution in [3.05, 3.63) is 273 Å². The molecule has 12 heteroatoms. The van der Waals surface area contributed by atoms with E-state index in [1.165, 1.54) is 0 Å². The molecule has 0 aliphatic rings. The molecule has 0 fully saturated rings. The van der Waals surface area contributed by atoms with Crippen molar-refractivity contribution in [1.29, 1.82) is 0 Å². The summed E-state index contributed by atoms with van der Waals surface area (Å²) in [6.07, 6.45) is 0. The Morgan fingerprint density at radius 3 is 0.521 bits per heavy atom. The number of para-hydroxylation sites is 9. The van der Waals surface area contributed by atoms with Crippen LogP contribution in [0.4, 0.5) is 0 Å². The molecule has 368 valence electrons. The fourth-order valence-electron chi connectivity index (χ4n) is 7.07. The highest BCUT2D eigenvalue weighted by molar-refractivity contribution is 5.29. The maximum Gasteiger partial charge on any atom is 0.412 e. The van der Waals surface area contributed by atoms with Crippen LogP contribution in [0.5, 0.6) is 51.7 Å². The van der Waals surface area contributed by atoms with E-state index in [2.05, 4.69) is 0 Å². The van der Waals surface area contributed by atoms with Crippen molar-refractivity contribution in [3.63, 3.8) is 0 Å². The van der Waals surface area contributed by atoms with Crippen LogP contribution in [0.1, 0.15) is 0 Å². The van der Waals surface area contributed by atoms with Crippen LogP contribution >= 0.6 is 0 Å². The number of benzene rings is 9. The first-order valence-corrected chi connectivity index (χ1v) is 23.5. The van der Waals surface area contributed by atoms with Gasteiger partial charge < -0.3 is 42.6 Å². The predicted octanol–water partition coefficient (Wildman–Crippen LogP) is 13.0. The van der Waals surface area contributed by atoms with Crippen LogP contribution in [0, 0.1) is 0 Å². The van der Waals surface area contributed by atoms with E-state index in [-0.39, 0.29) is 0 Å². The molecule has 9 rings (SSSR count). The normalized spacial score (nSPS) is 11.5. The smallest absolute Gasteiger partial charge is 0.412 e. The Balaban J connectivity index is 1.25. The molecule has 9 aromatic rings. The molecular weight excluding hydrogens is 925 g/mol. The monoisotopic (exact) mass is 976 g/mol. The molecule has 0 saturated carbocycles. The third-order valence-electron chi connectivity index (χ3n) is 10.4. The van der Waals surface area contributed by atoms with E-state index in [0.29, 0.717) is 51.7 Å². The van der Waals surface area contributed by atoms with Crippen molar-refractivity contribution < 1.29 is 56.8 Å². The Morgan fingerprint density at radius 2 is 0.356 bits per heavy atom. The van der Waals surface area contributed by atoms with Crippen molar-refractivity contribution in [2.24, 2.45) is 0 Å². The second-order valence-corrected chi connectivity index (χ2v) is 16.0. The van der Waals surface area contributed by atoms with Gasteiger partial charge in [0.1, 0.15) is 51.7 Å². The lowest BCUT2D eigenvalue weighted by Gasteiger charge is -2.42. The number of ether oxygens (including phenoxy) is 12. The Morgan fingerprint density at radius 1 is 0.205 bits per heavy atom. The Labute approximate surface area is 424 Å². The summed E-state index contributed by atoms with van der Waals surface area (Å²) in [4.78, 5) is 0. The van der Waals surface area contributed by atoms with Gasteiger partial charge in [-0.1, -0.05) is 164 Å². The quantitative estimate of drug-likeness (QED) is 0.0457. The van der Waals surface area contributed by atoms with Crippen molar-refractivity contribution in [2.45, 2.75) is 24.4 Å². The van der Waals surface area contributed by atoms with Gasteiger partial charge >= 0.3 is 17.9 Å². The molecule has 0 atom stereocenters. The van der Waals surface area contributed by atoms with E-state index in [1.54, 1.807) is 109 Å². The van der Waals surface area contributed by atoms with Crippen molar-refractivity contribution >= 4 is 0 Å². The zero-order chi connectivity index (χ0) is 49.7. The lowest BCUT2D eigenvalue weighted by molar-refractivity contribution is -0.513. The Hall–Kier alpha value is -8.94. The summed E-state index contributed by atoms with van der Waals surface area (Å²) >= 11 is 0. The topological polar surface area (TPSA) is 111 Å². The summed E-state index contributed by atoms with van der Waals surface area (Å²) in [5.41, 5.74) is 0. The van der Waals surface area contributed by atoms with E-state index in [0.717, 1.165) is 0 Å². The molecule has 0 amide bonds. The summed E-state index contributed by atoms with van der Waals surface area (Å²) in [7, 11) is 0. The lowest BCUT2D eigenvalue weighted by Crippen LogP contribution is -2.61. The summed E-state index contributed by atoms with van der Waals surface area (Å²) in [6.45, 7) is -3.42. The van der Waals surface area contributed by atoms with Crippen molar-refractivity contribution in [1.82, 2.24) is 0 Å². The minimum Gasteiger partial charge on any atom is -0.482 e. The van der Waals surface area contributed by atoms with Gasteiger partial charge in [-0.25, -0.2) is 14.2 Å². The first kappa shape index (κ1) is 49.1. The zero-order valence-corrected chi connectivity index (χ0v) is 39.6. The SMILES string of the molecule is c1ccc(OCC(Oc2ccccc2)(Oc2ccccc2)OC(OC(COc2ccccc2)(Oc2ccccc2)Oc2ccccc2)OC(COc2ccccc2)(Oc2ccccc2)Oc2ccccc2)cc1. The third-order valence-corrected chi connectivity index (χ3v) is 10.4. The van der Waals surface area contributed by atoms with Gasteiger partial charge in [0.25, 0.3) is 6.48 Å². The average Bonchev–Trinajstić information content (AvgIpc) is 3.44. The van der Waals surface area contributed by atoms with Gasteiger partial charge in [0.2, 0.25) is 0 Å². The Bertz CT molecular complexity index is 2480. The molecule has 0 aliphatic carbocycles. The van der Waals surface area contributed by atoms with Gasteiger partial charge in [-0.05, 0) is 109 Å². The van der Waals surface area contributed by atoms with Crippen LogP contribution in [-0.4, -0.2) is 44.2 Å². The Kier molecular flexibility index (Phi) is 16.6. The highest BCUT2D eigenvalue weighted by atomic mass is 17.0. The third kappa shape index (κ3) is 14.8. The van der Waals surface area contributed by atoms with Crippen LogP contribution in [0.2, 0.25) is 0 Å². The van der Waals surface area contributed by atoms with Gasteiger partial charge in [0, 0.05) is 0 Å². The highest BCUT2D eigenvalue weighted by Gasteiger charge is 2.53. The van der Waals surface area contributed by atoms with Gasteiger partial charge in [-0.15, -0.1) is 0 Å². The molecule has 0 saturated heterocycles. The van der Waals surface area contributed by atoms with Crippen LogP contribution < -0.4 is 42.6 Å². The van der Waals surface area contributed by atoms with Crippen LogP contribution in [0.25, 0.3) is 0 Å². The highest BCUT2D eigenvalue weighted by Crippen LogP contribution is 2.36. The molecule has 12 nitrogen and oxygen atoms in total. The fraction of sp³-hybridized carbons (Fsp3) is 0.115. The van der Waals surface area contributed by atoms with Gasteiger partial charge in [-0.2, -0.15) is 0 Å². The second-order valence-electron chi connectivity index (χ2n) is 16.0.